The van der Waals surface area contributed by atoms with E-state index in [0.717, 1.165) is 30.9 Å². The molecule has 1 atom stereocenters. The van der Waals surface area contributed by atoms with E-state index in [4.69, 9.17) is 4.74 Å². The smallest absolute Gasteiger partial charge is 0.231 e. The molecule has 2 aliphatic heterocycles. The lowest BCUT2D eigenvalue weighted by Gasteiger charge is -2.42. The highest BCUT2D eigenvalue weighted by atomic mass is 19.1. The van der Waals surface area contributed by atoms with E-state index in [1.54, 1.807) is 0 Å². The average Bonchev–Trinajstić information content (AvgIpc) is 3.62. The van der Waals surface area contributed by atoms with Gasteiger partial charge in [0.15, 0.2) is 5.88 Å². The van der Waals surface area contributed by atoms with Crippen molar-refractivity contribution in [3.8, 4) is 0 Å². The Morgan fingerprint density at radius 2 is 1.85 bits per heavy atom. The minimum Gasteiger partial charge on any atom is -0.480 e. The van der Waals surface area contributed by atoms with Crippen molar-refractivity contribution in [3.05, 3.63) is 53.1 Å². The quantitative estimate of drug-likeness (QED) is 0.492. The van der Waals surface area contributed by atoms with Crippen molar-refractivity contribution < 1.29 is 18.3 Å². The van der Waals surface area contributed by atoms with Gasteiger partial charge in [0.25, 0.3) is 0 Å². The number of benzene rings is 1. The van der Waals surface area contributed by atoms with Crippen LogP contribution in [0, 0.1) is 23.0 Å². The summed E-state index contributed by atoms with van der Waals surface area (Å²) >= 11 is 0. The lowest BCUT2D eigenvalue weighted by Crippen LogP contribution is -2.58. The molecule has 1 aromatic rings. The molecule has 5 rings (SSSR count). The third-order valence-corrected chi connectivity index (χ3v) is 7.93. The lowest BCUT2D eigenvalue weighted by molar-refractivity contribution is -0.123. The van der Waals surface area contributed by atoms with Gasteiger partial charge in [0.1, 0.15) is 11.6 Å². The number of amides is 1. The second-order valence-corrected chi connectivity index (χ2v) is 11.0. The first-order chi connectivity index (χ1) is 16.2. The third-order valence-electron chi connectivity index (χ3n) is 7.93. The third kappa shape index (κ3) is 4.93. The first-order valence-corrected chi connectivity index (χ1v) is 12.5. The van der Waals surface area contributed by atoms with Crippen LogP contribution in [0.2, 0.25) is 0 Å². The highest BCUT2D eigenvalue weighted by molar-refractivity contribution is 5.86. The summed E-state index contributed by atoms with van der Waals surface area (Å²) in [5, 5.41) is 6.13. The Morgan fingerprint density at radius 3 is 2.44 bits per heavy atom. The fraction of sp³-hybridized carbons (Fsp3) is 0.593. The Kier molecular flexibility index (Phi) is 6.07. The molecule has 184 valence electrons. The number of nitrogens with zero attached hydrogens (tertiary/aromatic N) is 1. The van der Waals surface area contributed by atoms with Gasteiger partial charge in [0.2, 0.25) is 5.91 Å². The van der Waals surface area contributed by atoms with Gasteiger partial charge in [-0.3, -0.25) is 4.79 Å². The largest absolute Gasteiger partial charge is 0.480 e. The number of carbonyl (C=O) groups is 1. The van der Waals surface area contributed by atoms with Gasteiger partial charge in [-0.15, -0.1) is 0 Å². The monoisotopic (exact) mass is 471 g/mol. The Balaban J connectivity index is 1.11. The number of anilines is 1. The van der Waals surface area contributed by atoms with E-state index in [0.29, 0.717) is 49.5 Å². The van der Waals surface area contributed by atoms with E-state index < -0.39 is 17.6 Å². The molecule has 2 aliphatic carbocycles. The van der Waals surface area contributed by atoms with Crippen molar-refractivity contribution >= 4 is 11.6 Å². The Bertz CT molecular complexity index is 996. The molecule has 1 aromatic carbocycles. The van der Waals surface area contributed by atoms with Gasteiger partial charge in [-0.2, -0.15) is 0 Å². The molecule has 2 saturated heterocycles. The van der Waals surface area contributed by atoms with Crippen molar-refractivity contribution in [2.24, 2.45) is 11.3 Å². The van der Waals surface area contributed by atoms with Gasteiger partial charge in [-0.1, -0.05) is 19.4 Å². The van der Waals surface area contributed by atoms with E-state index in [-0.39, 0.29) is 17.5 Å². The van der Waals surface area contributed by atoms with Crippen LogP contribution in [-0.2, 0) is 9.53 Å². The number of carbonyl (C=O) groups excluding carboxylic acids is 1. The Hall–Kier alpha value is -2.57. The number of nitrogens with one attached hydrogen (secondary N) is 2. The van der Waals surface area contributed by atoms with Crippen LogP contribution >= 0.6 is 0 Å². The lowest BCUT2D eigenvalue weighted by atomic mass is 9.84. The number of piperidine rings is 1. The molecule has 2 heterocycles. The number of halogens is 2. The molecular formula is C27H35F2N3O2. The number of rotatable bonds is 9. The summed E-state index contributed by atoms with van der Waals surface area (Å²) in [5.41, 5.74) is 2.90. The molecule has 0 aromatic heterocycles. The van der Waals surface area contributed by atoms with E-state index in [1.807, 2.05) is 4.90 Å². The van der Waals surface area contributed by atoms with Crippen LogP contribution in [0.25, 0.3) is 0 Å². The molecule has 0 radical (unpaired) electrons. The van der Waals surface area contributed by atoms with E-state index >= 15 is 0 Å². The van der Waals surface area contributed by atoms with E-state index in [9.17, 15) is 13.6 Å². The van der Waals surface area contributed by atoms with Gasteiger partial charge in [-0.05, 0) is 75.0 Å². The molecule has 0 bridgehead atoms. The summed E-state index contributed by atoms with van der Waals surface area (Å²) in [6.45, 7) is 10.4. The number of allylic oxidation sites excluding steroid dienone is 2. The van der Waals surface area contributed by atoms with Crippen LogP contribution in [0.3, 0.4) is 0 Å². The van der Waals surface area contributed by atoms with Crippen molar-refractivity contribution in [2.75, 3.05) is 24.6 Å². The minimum absolute atomic E-state index is 0.118. The molecule has 1 amide bonds. The molecule has 5 nitrogen and oxygen atoms in total. The molecule has 4 fully saturated rings. The van der Waals surface area contributed by atoms with Crippen LogP contribution < -0.4 is 15.5 Å². The predicted octanol–water partition coefficient (Wildman–Crippen LogP) is 5.10. The van der Waals surface area contributed by atoms with Gasteiger partial charge in [0, 0.05) is 30.0 Å². The molecule has 7 heteroatoms. The van der Waals surface area contributed by atoms with Crippen LogP contribution in [-0.4, -0.2) is 31.6 Å². The summed E-state index contributed by atoms with van der Waals surface area (Å²) in [5.74, 6) is -1.03. The molecule has 2 N–H and O–H groups in total. The maximum absolute atomic E-state index is 15.0. The van der Waals surface area contributed by atoms with Gasteiger partial charge in [-0.25, -0.2) is 8.78 Å². The Labute approximate surface area is 200 Å². The maximum Gasteiger partial charge on any atom is 0.231 e. The fourth-order valence-corrected chi connectivity index (χ4v) is 5.27. The summed E-state index contributed by atoms with van der Waals surface area (Å²) < 4.78 is 35.7. The average molecular weight is 472 g/mol. The van der Waals surface area contributed by atoms with E-state index in [1.165, 1.54) is 30.5 Å². The topological polar surface area (TPSA) is 53.6 Å². The van der Waals surface area contributed by atoms with Crippen molar-refractivity contribution in [1.82, 2.24) is 10.6 Å². The normalized spacial score (nSPS) is 22.9. The molecule has 1 unspecified atom stereocenters. The predicted molar refractivity (Wildman–Crippen MR) is 128 cm³/mol. The highest BCUT2D eigenvalue weighted by Crippen LogP contribution is 2.47. The standard InChI is InChI=1S/C27H35F2N3O2/c1-16(34-11-10-27(2,3)18-6-7-18)30-19-14-32(15-19)20-12-22(28)25(23(29)13-20)21-8-9-24(17-4-5-17)31-26(21)33/h12-13,18-19,21,30H,1,4-11,14-15H2,2-3H3,(H,31,33). The first kappa shape index (κ1) is 23.2. The van der Waals surface area contributed by atoms with Crippen molar-refractivity contribution in [2.45, 2.75) is 70.8 Å². The SMILES string of the molecule is C=C(NC1CN(c2cc(F)c(C3CCC(=C4CC4)NC3=O)c(F)c2)C1)OCCC(C)(C)C1CC1. The second kappa shape index (κ2) is 8.90. The van der Waals surface area contributed by atoms with Gasteiger partial charge >= 0.3 is 0 Å². The number of ether oxygens (including phenoxy) is 1. The van der Waals surface area contributed by atoms with Gasteiger partial charge < -0.3 is 20.3 Å². The molecule has 0 spiro atoms. The van der Waals surface area contributed by atoms with Crippen LogP contribution in [0.1, 0.15) is 70.3 Å². The van der Waals surface area contributed by atoms with Crippen molar-refractivity contribution in [3.63, 3.8) is 0 Å². The summed E-state index contributed by atoms with van der Waals surface area (Å²) in [7, 11) is 0. The molecule has 4 aliphatic rings. The number of hydrogen-bond donors (Lipinski definition) is 2. The molecule has 2 saturated carbocycles. The summed E-state index contributed by atoms with van der Waals surface area (Å²) in [6.07, 6.45) is 6.77. The van der Waals surface area contributed by atoms with Crippen LogP contribution in [0.15, 0.2) is 35.9 Å². The fourth-order valence-electron chi connectivity index (χ4n) is 5.27. The molecule has 34 heavy (non-hydrogen) atoms. The van der Waals surface area contributed by atoms with Crippen molar-refractivity contribution in [1.29, 1.82) is 0 Å². The Morgan fingerprint density at radius 1 is 1.18 bits per heavy atom. The summed E-state index contributed by atoms with van der Waals surface area (Å²) in [4.78, 5) is 14.4. The zero-order chi connectivity index (χ0) is 24.0. The summed E-state index contributed by atoms with van der Waals surface area (Å²) in [6, 6.07) is 2.82. The van der Waals surface area contributed by atoms with Crippen LogP contribution in [0.4, 0.5) is 14.5 Å². The minimum atomic E-state index is -0.784. The number of hydrogen-bond acceptors (Lipinski definition) is 4. The van der Waals surface area contributed by atoms with Gasteiger partial charge in [0.05, 0.1) is 18.6 Å². The van der Waals surface area contributed by atoms with E-state index in [2.05, 4.69) is 31.1 Å². The first-order valence-electron chi connectivity index (χ1n) is 12.5. The second-order valence-electron chi connectivity index (χ2n) is 11.0. The zero-order valence-electron chi connectivity index (χ0n) is 20.2. The van der Waals surface area contributed by atoms with Crippen LogP contribution in [0.5, 0.6) is 0 Å². The molecular weight excluding hydrogens is 436 g/mol. The maximum atomic E-state index is 15.0. The highest BCUT2D eigenvalue weighted by Gasteiger charge is 2.38. The zero-order valence-corrected chi connectivity index (χ0v) is 20.2.